The average Bonchev–Trinajstić information content (AvgIpc) is 2.45. The second-order valence-electron chi connectivity index (χ2n) is 5.13. The highest BCUT2D eigenvalue weighted by atomic mass is 32.2. The number of aromatic nitrogens is 3. The summed E-state index contributed by atoms with van der Waals surface area (Å²) in [6.07, 6.45) is 2.13. The van der Waals surface area contributed by atoms with Crippen LogP contribution in [0.1, 0.15) is 33.6 Å². The Bertz CT molecular complexity index is 412. The molecule has 2 N–H and O–H groups in total. The van der Waals surface area contributed by atoms with Crippen molar-refractivity contribution >= 4 is 29.6 Å². The molecule has 21 heavy (non-hydrogen) atoms. The molecule has 6 nitrogen and oxygen atoms in total. The van der Waals surface area contributed by atoms with Gasteiger partial charge in [0.25, 0.3) is 0 Å². The highest BCUT2D eigenvalue weighted by Crippen LogP contribution is 2.14. The van der Waals surface area contributed by atoms with E-state index in [9.17, 15) is 0 Å². The molecular weight excluding hydrogens is 284 g/mol. The van der Waals surface area contributed by atoms with Crippen LogP contribution in [0, 0.1) is 0 Å². The lowest BCUT2D eigenvalue weighted by atomic mass is 10.3. The van der Waals surface area contributed by atoms with Crippen molar-refractivity contribution in [3.8, 4) is 0 Å². The Morgan fingerprint density at radius 3 is 2.48 bits per heavy atom. The van der Waals surface area contributed by atoms with Crippen molar-refractivity contribution in [2.45, 2.75) is 39.7 Å². The minimum absolute atomic E-state index is 0.348. The molecule has 0 aliphatic carbocycles. The van der Waals surface area contributed by atoms with Gasteiger partial charge in [-0.3, -0.25) is 0 Å². The normalized spacial score (nSPS) is 12.0. The maximum Gasteiger partial charge on any atom is 0.231 e. The summed E-state index contributed by atoms with van der Waals surface area (Å²) in [6.45, 7) is 7.32. The molecule has 0 bridgehead atoms. The fourth-order valence-corrected chi connectivity index (χ4v) is 2.45. The van der Waals surface area contributed by atoms with Crippen LogP contribution in [-0.2, 0) is 0 Å². The zero-order valence-corrected chi connectivity index (χ0v) is 14.6. The van der Waals surface area contributed by atoms with Crippen LogP contribution in [-0.4, -0.2) is 53.1 Å². The Morgan fingerprint density at radius 1 is 1.14 bits per heavy atom. The van der Waals surface area contributed by atoms with Crippen LogP contribution in [0.5, 0.6) is 0 Å². The molecule has 1 heterocycles. The van der Waals surface area contributed by atoms with Gasteiger partial charge in [0.05, 0.1) is 0 Å². The van der Waals surface area contributed by atoms with Crippen molar-refractivity contribution in [2.75, 3.05) is 47.7 Å². The number of hydrogen-bond donors (Lipinski definition) is 2. The summed E-state index contributed by atoms with van der Waals surface area (Å²) in [5, 5.41) is 6.59. The van der Waals surface area contributed by atoms with Crippen molar-refractivity contribution in [3.05, 3.63) is 0 Å². The summed E-state index contributed by atoms with van der Waals surface area (Å²) in [5.41, 5.74) is 0. The molecule has 1 aromatic heterocycles. The number of rotatable bonds is 10. The minimum Gasteiger partial charge on any atom is -0.354 e. The van der Waals surface area contributed by atoms with Gasteiger partial charge in [-0.25, -0.2) is 0 Å². The molecule has 0 saturated carbocycles. The molecule has 7 heteroatoms. The first-order valence-electron chi connectivity index (χ1n) is 7.58. The molecule has 0 fully saturated rings. The fraction of sp³-hybridized carbons (Fsp3) is 0.786. The van der Waals surface area contributed by atoms with Crippen LogP contribution in [0.4, 0.5) is 17.8 Å². The van der Waals surface area contributed by atoms with Gasteiger partial charge in [-0.15, -0.1) is 0 Å². The lowest BCUT2D eigenvalue weighted by molar-refractivity contribution is 0.756. The number of thioether (sulfide) groups is 1. The van der Waals surface area contributed by atoms with E-state index in [1.54, 1.807) is 0 Å². The van der Waals surface area contributed by atoms with E-state index in [1.165, 1.54) is 0 Å². The van der Waals surface area contributed by atoms with Gasteiger partial charge in [0.15, 0.2) is 0 Å². The molecule has 0 saturated heterocycles. The van der Waals surface area contributed by atoms with E-state index in [4.69, 9.17) is 0 Å². The van der Waals surface area contributed by atoms with E-state index in [0.29, 0.717) is 23.9 Å². The summed E-state index contributed by atoms with van der Waals surface area (Å²) < 4.78 is 0. The molecule has 0 spiro atoms. The number of nitrogens with one attached hydrogen (secondary N) is 2. The smallest absolute Gasteiger partial charge is 0.231 e. The summed E-state index contributed by atoms with van der Waals surface area (Å²) in [5.74, 6) is 4.25. The molecule has 1 rings (SSSR count). The van der Waals surface area contributed by atoms with Gasteiger partial charge in [0.1, 0.15) is 0 Å². The van der Waals surface area contributed by atoms with Gasteiger partial charge < -0.3 is 15.5 Å². The number of anilines is 3. The third kappa shape index (κ3) is 6.84. The zero-order valence-electron chi connectivity index (χ0n) is 13.8. The first-order valence-corrected chi connectivity index (χ1v) is 8.73. The maximum absolute atomic E-state index is 4.45. The lowest BCUT2D eigenvalue weighted by Gasteiger charge is -2.17. The third-order valence-corrected chi connectivity index (χ3v) is 3.76. The molecule has 0 aliphatic rings. The Balaban J connectivity index is 2.72. The summed E-state index contributed by atoms with van der Waals surface area (Å²) in [6, 6.07) is 0.348. The SMILES string of the molecule is CCCNc1nc(NC(C)CCSCC)nc(N(C)C)n1. The second-order valence-corrected chi connectivity index (χ2v) is 6.53. The van der Waals surface area contributed by atoms with Crippen molar-refractivity contribution in [1.29, 1.82) is 0 Å². The standard InChI is InChI=1S/C14H28N6S/c1-6-9-15-12-17-13(19-14(18-12)20(4)5)16-11(3)8-10-21-7-2/h11H,6-10H2,1-5H3,(H2,15,16,17,18,19). The van der Waals surface area contributed by atoms with Crippen molar-refractivity contribution in [3.63, 3.8) is 0 Å². The molecule has 1 aromatic rings. The molecule has 0 radical (unpaired) electrons. The topological polar surface area (TPSA) is 66.0 Å². The minimum atomic E-state index is 0.348. The van der Waals surface area contributed by atoms with Crippen molar-refractivity contribution in [2.24, 2.45) is 0 Å². The molecule has 1 unspecified atom stereocenters. The van der Waals surface area contributed by atoms with E-state index >= 15 is 0 Å². The molecular formula is C14H28N6S. The van der Waals surface area contributed by atoms with Crippen LogP contribution in [0.3, 0.4) is 0 Å². The van der Waals surface area contributed by atoms with E-state index in [-0.39, 0.29) is 0 Å². The van der Waals surface area contributed by atoms with Crippen molar-refractivity contribution < 1.29 is 0 Å². The van der Waals surface area contributed by atoms with Crippen LogP contribution < -0.4 is 15.5 Å². The van der Waals surface area contributed by atoms with Gasteiger partial charge in [-0.2, -0.15) is 26.7 Å². The van der Waals surface area contributed by atoms with E-state index < -0.39 is 0 Å². The van der Waals surface area contributed by atoms with E-state index in [0.717, 1.165) is 30.9 Å². The largest absolute Gasteiger partial charge is 0.354 e. The van der Waals surface area contributed by atoms with E-state index in [2.05, 4.69) is 46.4 Å². The zero-order chi connectivity index (χ0) is 15.7. The first kappa shape index (κ1) is 17.8. The third-order valence-electron chi connectivity index (χ3n) is 2.83. The van der Waals surface area contributed by atoms with Gasteiger partial charge in [0, 0.05) is 26.7 Å². The highest BCUT2D eigenvalue weighted by Gasteiger charge is 2.10. The summed E-state index contributed by atoms with van der Waals surface area (Å²) in [4.78, 5) is 15.2. The summed E-state index contributed by atoms with van der Waals surface area (Å²) >= 11 is 1.96. The second kappa shape index (κ2) is 9.65. The van der Waals surface area contributed by atoms with Crippen LogP contribution >= 0.6 is 11.8 Å². The lowest BCUT2D eigenvalue weighted by Crippen LogP contribution is -2.21. The number of hydrogen-bond acceptors (Lipinski definition) is 7. The molecule has 120 valence electrons. The molecule has 0 aromatic carbocycles. The van der Waals surface area contributed by atoms with Gasteiger partial charge >= 0.3 is 0 Å². The monoisotopic (exact) mass is 312 g/mol. The van der Waals surface area contributed by atoms with Crippen LogP contribution in [0.25, 0.3) is 0 Å². The molecule has 0 aliphatic heterocycles. The number of nitrogens with zero attached hydrogens (tertiary/aromatic N) is 4. The van der Waals surface area contributed by atoms with Gasteiger partial charge in [0.2, 0.25) is 17.8 Å². The Morgan fingerprint density at radius 2 is 1.86 bits per heavy atom. The van der Waals surface area contributed by atoms with Gasteiger partial charge in [-0.1, -0.05) is 13.8 Å². The van der Waals surface area contributed by atoms with Crippen molar-refractivity contribution in [1.82, 2.24) is 15.0 Å². The predicted molar refractivity (Wildman–Crippen MR) is 93.6 cm³/mol. The molecule has 1 atom stereocenters. The quantitative estimate of drug-likeness (QED) is 0.644. The maximum atomic E-state index is 4.45. The first-order chi connectivity index (χ1) is 10.1. The average molecular weight is 312 g/mol. The Kier molecular flexibility index (Phi) is 8.19. The predicted octanol–water partition coefficient (Wildman–Crippen LogP) is 2.70. The Labute approximate surface area is 132 Å². The molecule has 0 amide bonds. The van der Waals surface area contributed by atoms with Crippen LogP contribution in [0.15, 0.2) is 0 Å². The summed E-state index contributed by atoms with van der Waals surface area (Å²) in [7, 11) is 3.87. The fourth-order valence-electron chi connectivity index (χ4n) is 1.64. The Hall–Kier alpha value is -1.24. The highest BCUT2D eigenvalue weighted by molar-refractivity contribution is 7.99. The van der Waals surface area contributed by atoms with Gasteiger partial charge in [-0.05, 0) is 31.3 Å². The van der Waals surface area contributed by atoms with E-state index in [1.807, 2.05) is 30.8 Å². The van der Waals surface area contributed by atoms with Crippen LogP contribution in [0.2, 0.25) is 0 Å².